The van der Waals surface area contributed by atoms with Crippen molar-refractivity contribution in [3.63, 3.8) is 0 Å². The van der Waals surface area contributed by atoms with Gasteiger partial charge in [0.25, 0.3) is 11.6 Å². The van der Waals surface area contributed by atoms with E-state index in [0.29, 0.717) is 23.5 Å². The predicted molar refractivity (Wildman–Crippen MR) is 94.3 cm³/mol. The quantitative estimate of drug-likeness (QED) is 0.878. The maximum absolute atomic E-state index is 12.2. The molecule has 2 aromatic carbocycles. The first-order valence-corrected chi connectivity index (χ1v) is 7.70. The van der Waals surface area contributed by atoms with Crippen LogP contribution in [0.2, 0.25) is 0 Å². The number of amidine groups is 1. The fourth-order valence-corrected chi connectivity index (χ4v) is 2.59. The van der Waals surface area contributed by atoms with Gasteiger partial charge in [0.2, 0.25) is 0 Å². The molecule has 0 aliphatic carbocycles. The molecule has 120 valence electrons. The summed E-state index contributed by atoms with van der Waals surface area (Å²) in [6, 6.07) is 14.7. The second kappa shape index (κ2) is 6.58. The van der Waals surface area contributed by atoms with Crippen LogP contribution in [0.15, 0.2) is 59.6 Å². The van der Waals surface area contributed by atoms with Gasteiger partial charge >= 0.3 is 0 Å². The van der Waals surface area contributed by atoms with Crippen molar-refractivity contribution in [1.82, 2.24) is 5.32 Å². The third kappa shape index (κ3) is 3.30. The van der Waals surface area contributed by atoms with Crippen molar-refractivity contribution in [1.29, 1.82) is 0 Å². The van der Waals surface area contributed by atoms with Crippen LogP contribution < -0.4 is 5.32 Å². The second-order valence-electron chi connectivity index (χ2n) is 5.67. The third-order valence-electron chi connectivity index (χ3n) is 3.88. The van der Waals surface area contributed by atoms with Gasteiger partial charge in [-0.15, -0.1) is 0 Å². The number of carbonyl (C=O) groups is 1. The van der Waals surface area contributed by atoms with E-state index in [1.165, 1.54) is 7.05 Å². The first kappa shape index (κ1) is 15.8. The van der Waals surface area contributed by atoms with Crippen molar-refractivity contribution >= 4 is 23.1 Å². The number of amides is 1. The van der Waals surface area contributed by atoms with E-state index in [4.69, 9.17) is 0 Å². The van der Waals surface area contributed by atoms with Gasteiger partial charge in [-0.1, -0.05) is 36.4 Å². The number of nitrogens with zero attached hydrogens (tertiary/aromatic N) is 2. The van der Waals surface area contributed by atoms with Crippen LogP contribution in [0.3, 0.4) is 0 Å². The number of hydrogen-bond donors (Lipinski definition) is 1. The van der Waals surface area contributed by atoms with Gasteiger partial charge in [0.05, 0.1) is 5.70 Å². The van der Waals surface area contributed by atoms with Crippen LogP contribution in [0.5, 0.6) is 0 Å². The number of nitroso groups, excluding NO2 is 1. The topological polar surface area (TPSA) is 61.5 Å². The Morgan fingerprint density at radius 1 is 1.17 bits per heavy atom. The average molecular weight is 320 g/mol. The Kier molecular flexibility index (Phi) is 4.33. The largest absolute Gasteiger partial charge is 0.310 e. The molecule has 1 aliphatic rings. The minimum atomic E-state index is -0.173. The lowest BCUT2D eigenvalue weighted by Crippen LogP contribution is -2.29. The van der Waals surface area contributed by atoms with E-state index in [1.54, 1.807) is 12.1 Å². The summed E-state index contributed by atoms with van der Waals surface area (Å²) in [7, 11) is 1.48. The van der Waals surface area contributed by atoms with Gasteiger partial charge in [0.1, 0.15) is 5.84 Å². The smallest absolute Gasteiger partial charge is 0.259 e. The molecule has 0 aromatic heterocycles. The molecule has 0 atom stereocenters. The fraction of sp³-hybridized carbons (Fsp3) is 0.158. The van der Waals surface area contributed by atoms with E-state index in [-0.39, 0.29) is 5.91 Å². The van der Waals surface area contributed by atoms with Crippen LogP contribution in [0.1, 0.15) is 27.9 Å². The van der Waals surface area contributed by atoms with Crippen LogP contribution in [-0.2, 0) is 0 Å². The highest BCUT2D eigenvalue weighted by atomic mass is 16.3. The second-order valence-corrected chi connectivity index (χ2v) is 5.67. The van der Waals surface area contributed by atoms with Crippen molar-refractivity contribution in [2.75, 3.05) is 7.05 Å². The van der Waals surface area contributed by atoms with Crippen molar-refractivity contribution in [3.8, 4) is 0 Å². The number of aliphatic imine (C=N–C) groups is 1. The summed E-state index contributed by atoms with van der Waals surface area (Å²) in [5.74, 6) is 0.435. The molecule has 0 spiro atoms. The molecule has 1 heterocycles. The fourth-order valence-electron chi connectivity index (χ4n) is 2.59. The first-order valence-electron chi connectivity index (χ1n) is 7.70. The molecule has 3 rings (SSSR count). The van der Waals surface area contributed by atoms with Crippen molar-refractivity contribution < 1.29 is 9.55 Å². The maximum atomic E-state index is 12.2. The number of aryl methyl sites for hydroxylation is 1. The highest BCUT2D eigenvalue weighted by molar-refractivity contribution is 6.09. The molecular weight excluding hydrogens is 302 g/mol. The summed E-state index contributed by atoms with van der Waals surface area (Å²) in [6.07, 6.45) is 2.50. The molecule has 0 saturated heterocycles. The third-order valence-corrected chi connectivity index (χ3v) is 3.88. The Balaban J connectivity index is 1.77. The SMILES string of the molecule is Cc1ccc(C2=CCC(NC(=O)c3ccccc3)=N2)cc1[N+](C)=O. The number of carbonyl (C=O) groups excluding carboxylic acids is 1. The monoisotopic (exact) mass is 320 g/mol. The van der Waals surface area contributed by atoms with Crippen LogP contribution in [-0.4, -0.2) is 23.6 Å². The molecule has 0 saturated carbocycles. The van der Waals surface area contributed by atoms with Crippen molar-refractivity contribution in [3.05, 3.63) is 76.2 Å². The molecule has 1 amide bonds. The Hall–Kier alpha value is -3.08. The number of hydrogen-bond acceptors (Lipinski definition) is 3. The molecule has 0 unspecified atom stereocenters. The molecule has 2 aromatic rings. The van der Waals surface area contributed by atoms with E-state index in [1.807, 2.05) is 49.4 Å². The zero-order chi connectivity index (χ0) is 17.1. The molecule has 0 bridgehead atoms. The predicted octanol–water partition coefficient (Wildman–Crippen LogP) is 3.61. The van der Waals surface area contributed by atoms with Crippen LogP contribution >= 0.6 is 0 Å². The van der Waals surface area contributed by atoms with Crippen LogP contribution in [0, 0.1) is 11.8 Å². The summed E-state index contributed by atoms with van der Waals surface area (Å²) in [5, 5.41) is 2.83. The van der Waals surface area contributed by atoms with E-state index in [0.717, 1.165) is 21.6 Å². The zero-order valence-electron chi connectivity index (χ0n) is 13.6. The number of nitrogens with one attached hydrogen (secondary N) is 1. The van der Waals surface area contributed by atoms with Crippen LogP contribution in [0.25, 0.3) is 5.70 Å². The van der Waals surface area contributed by atoms with Gasteiger partial charge in [-0.3, -0.25) is 4.79 Å². The molecule has 5 nitrogen and oxygen atoms in total. The summed E-state index contributed by atoms with van der Waals surface area (Å²) in [5.41, 5.74) is 3.75. The van der Waals surface area contributed by atoms with E-state index < -0.39 is 0 Å². The Labute approximate surface area is 140 Å². The highest BCUT2D eigenvalue weighted by Gasteiger charge is 2.17. The summed E-state index contributed by atoms with van der Waals surface area (Å²) < 4.78 is 0.843. The van der Waals surface area contributed by atoms with Gasteiger partial charge in [-0.2, -0.15) is 0 Å². The minimum Gasteiger partial charge on any atom is -0.310 e. The zero-order valence-corrected chi connectivity index (χ0v) is 13.6. The molecule has 24 heavy (non-hydrogen) atoms. The lowest BCUT2D eigenvalue weighted by atomic mass is 10.1. The normalized spacial score (nSPS) is 13.2. The van der Waals surface area contributed by atoms with Crippen molar-refractivity contribution in [2.45, 2.75) is 13.3 Å². The molecule has 1 N–H and O–H groups in total. The van der Waals surface area contributed by atoms with Crippen molar-refractivity contribution in [2.24, 2.45) is 4.99 Å². The molecule has 0 fully saturated rings. The summed E-state index contributed by atoms with van der Waals surface area (Å²) >= 11 is 0. The lowest BCUT2D eigenvalue weighted by Gasteiger charge is -2.04. The molecule has 0 radical (unpaired) electrons. The summed E-state index contributed by atoms with van der Waals surface area (Å²) in [4.78, 5) is 28.3. The van der Waals surface area contributed by atoms with E-state index in [9.17, 15) is 9.70 Å². The molecular formula is C19H18N3O2+. The Bertz CT molecular complexity index is 867. The van der Waals surface area contributed by atoms with Gasteiger partial charge in [-0.25, -0.2) is 4.99 Å². The van der Waals surface area contributed by atoms with Gasteiger partial charge < -0.3 is 5.32 Å². The highest BCUT2D eigenvalue weighted by Crippen LogP contribution is 2.27. The Morgan fingerprint density at radius 2 is 1.92 bits per heavy atom. The maximum Gasteiger partial charge on any atom is 0.259 e. The van der Waals surface area contributed by atoms with Crippen LogP contribution in [0.4, 0.5) is 5.69 Å². The summed E-state index contributed by atoms with van der Waals surface area (Å²) in [6.45, 7) is 1.89. The van der Waals surface area contributed by atoms with Gasteiger partial charge in [-0.05, 0) is 19.1 Å². The van der Waals surface area contributed by atoms with Gasteiger partial charge in [0, 0.05) is 38.8 Å². The van der Waals surface area contributed by atoms with Gasteiger partial charge in [0.15, 0.2) is 7.05 Å². The first-order chi connectivity index (χ1) is 11.5. The molecule has 1 aliphatic heterocycles. The molecule has 5 heteroatoms. The number of rotatable bonds is 3. The standard InChI is InChI=1S/C19H17N3O2/c1-13-8-9-15(12-17(13)22(2)24)16-10-11-18(20-16)21-19(23)14-6-4-3-5-7-14/h3-10,12H,11H2,1-2H3/p+1. The minimum absolute atomic E-state index is 0.173. The number of benzene rings is 2. The lowest BCUT2D eigenvalue weighted by molar-refractivity contribution is -0.428. The average Bonchev–Trinajstić information content (AvgIpc) is 3.04. The van der Waals surface area contributed by atoms with E-state index in [2.05, 4.69) is 10.3 Å². The van der Waals surface area contributed by atoms with E-state index >= 15 is 0 Å². The Morgan fingerprint density at radius 3 is 2.62 bits per heavy atom.